The maximum Gasteiger partial charge on any atom is 0.272 e. The maximum atomic E-state index is 12.8. The van der Waals surface area contributed by atoms with E-state index in [0.717, 1.165) is 6.42 Å². The molecule has 0 aliphatic carbocycles. The van der Waals surface area contributed by atoms with Gasteiger partial charge in [-0.25, -0.2) is 4.98 Å². The second kappa shape index (κ2) is 9.37. The number of fused-ring (bicyclic) bond motifs is 1. The fraction of sp³-hybridized carbons (Fsp3) is 0.333. The molecule has 3 aromatic rings. The van der Waals surface area contributed by atoms with E-state index in [4.69, 9.17) is 0 Å². The van der Waals surface area contributed by atoms with Gasteiger partial charge < -0.3 is 5.32 Å². The number of aromatic nitrogens is 2. The molecule has 0 bridgehead atoms. The van der Waals surface area contributed by atoms with Crippen LogP contribution in [0.15, 0.2) is 45.7 Å². The fourth-order valence-corrected chi connectivity index (χ4v) is 4.36. The second-order valence-corrected chi connectivity index (χ2v) is 9.00. The maximum absolute atomic E-state index is 12.8. The van der Waals surface area contributed by atoms with Gasteiger partial charge in [0.25, 0.3) is 5.56 Å². The molecule has 6 nitrogen and oxygen atoms in total. The molecule has 0 radical (unpaired) electrons. The highest BCUT2D eigenvalue weighted by Gasteiger charge is 2.15. The van der Waals surface area contributed by atoms with Crippen LogP contribution in [0.4, 0.5) is 5.69 Å². The van der Waals surface area contributed by atoms with Gasteiger partial charge in [0.1, 0.15) is 4.70 Å². The average molecular weight is 430 g/mol. The lowest BCUT2D eigenvalue weighted by atomic mass is 10.1. The van der Waals surface area contributed by atoms with E-state index in [-0.39, 0.29) is 23.0 Å². The Labute approximate surface area is 177 Å². The van der Waals surface area contributed by atoms with Crippen LogP contribution >= 0.6 is 23.1 Å². The van der Waals surface area contributed by atoms with Crippen LogP contribution < -0.4 is 10.9 Å². The van der Waals surface area contributed by atoms with E-state index in [9.17, 15) is 14.4 Å². The molecule has 0 spiro atoms. The van der Waals surface area contributed by atoms with Crippen LogP contribution in [0.1, 0.15) is 37.6 Å². The number of ketones is 1. The Morgan fingerprint density at radius 3 is 2.79 bits per heavy atom. The Morgan fingerprint density at radius 1 is 1.28 bits per heavy atom. The first-order valence-corrected chi connectivity index (χ1v) is 11.2. The van der Waals surface area contributed by atoms with Gasteiger partial charge in [-0.2, -0.15) is 0 Å². The minimum atomic E-state index is -0.217. The quantitative estimate of drug-likeness (QED) is 0.325. The van der Waals surface area contributed by atoms with Crippen molar-refractivity contribution in [2.45, 2.75) is 38.9 Å². The Kier molecular flexibility index (Phi) is 6.87. The number of nitrogens with zero attached hydrogens (tertiary/aromatic N) is 2. The summed E-state index contributed by atoms with van der Waals surface area (Å²) in [6, 6.07) is 8.66. The van der Waals surface area contributed by atoms with Gasteiger partial charge in [-0.3, -0.25) is 19.0 Å². The summed E-state index contributed by atoms with van der Waals surface area (Å²) in [5.41, 5.74) is 1.73. The first-order chi connectivity index (χ1) is 13.8. The third-order valence-electron chi connectivity index (χ3n) is 4.35. The normalized spacial score (nSPS) is 11.2. The van der Waals surface area contributed by atoms with Crippen LogP contribution in [-0.2, 0) is 11.3 Å². The first kappa shape index (κ1) is 21.3. The Morgan fingerprint density at radius 2 is 2.07 bits per heavy atom. The third kappa shape index (κ3) is 5.33. The molecule has 1 aromatic carbocycles. The van der Waals surface area contributed by atoms with Gasteiger partial charge in [-0.05, 0) is 42.8 Å². The standard InChI is InChI=1S/C21H23N3O3S2/c1-13(2)7-9-24-20(27)19-17(8-10-28-19)23-21(24)29-12-18(26)22-16-6-4-5-15(11-16)14(3)25/h4-6,8,10-11,13H,7,9,12H2,1-3H3,(H,22,26). The number of thiophene rings is 1. The number of benzene rings is 1. The van der Waals surface area contributed by atoms with Crippen molar-refractivity contribution in [1.82, 2.24) is 9.55 Å². The minimum Gasteiger partial charge on any atom is -0.325 e. The second-order valence-electron chi connectivity index (χ2n) is 7.14. The number of nitrogens with one attached hydrogen (secondary N) is 1. The van der Waals surface area contributed by atoms with Crippen LogP contribution in [-0.4, -0.2) is 27.0 Å². The van der Waals surface area contributed by atoms with Gasteiger partial charge in [0.15, 0.2) is 10.9 Å². The highest BCUT2D eigenvalue weighted by atomic mass is 32.2. The molecule has 1 amide bonds. The number of thioether (sulfide) groups is 1. The summed E-state index contributed by atoms with van der Waals surface area (Å²) in [5, 5.41) is 5.21. The molecule has 2 aromatic heterocycles. The van der Waals surface area contributed by atoms with Crippen LogP contribution in [0.25, 0.3) is 10.2 Å². The summed E-state index contributed by atoms with van der Waals surface area (Å²) >= 11 is 2.64. The predicted molar refractivity (Wildman–Crippen MR) is 119 cm³/mol. The summed E-state index contributed by atoms with van der Waals surface area (Å²) in [6.45, 7) is 6.27. The van der Waals surface area contributed by atoms with E-state index >= 15 is 0 Å². The molecule has 0 aliphatic rings. The van der Waals surface area contributed by atoms with E-state index in [1.54, 1.807) is 28.8 Å². The lowest BCUT2D eigenvalue weighted by Gasteiger charge is -2.13. The summed E-state index contributed by atoms with van der Waals surface area (Å²) in [4.78, 5) is 41.4. The lowest BCUT2D eigenvalue weighted by molar-refractivity contribution is -0.113. The third-order valence-corrected chi connectivity index (χ3v) is 6.21. The van der Waals surface area contributed by atoms with Crippen molar-refractivity contribution in [3.8, 4) is 0 Å². The first-order valence-electron chi connectivity index (χ1n) is 9.37. The SMILES string of the molecule is CC(=O)c1cccc(NC(=O)CSc2nc3ccsc3c(=O)n2CCC(C)C)c1. The van der Waals surface area contributed by atoms with Gasteiger partial charge in [0, 0.05) is 17.8 Å². The van der Waals surface area contributed by atoms with E-state index < -0.39 is 0 Å². The zero-order valence-electron chi connectivity index (χ0n) is 16.6. The fourth-order valence-electron chi connectivity index (χ4n) is 2.76. The molecule has 29 heavy (non-hydrogen) atoms. The predicted octanol–water partition coefficient (Wildman–Crippen LogP) is 4.44. The molecule has 0 saturated carbocycles. The highest BCUT2D eigenvalue weighted by Crippen LogP contribution is 2.22. The molecule has 3 rings (SSSR count). The summed E-state index contributed by atoms with van der Waals surface area (Å²) in [5.74, 6) is 0.299. The Balaban J connectivity index is 1.76. The summed E-state index contributed by atoms with van der Waals surface area (Å²) < 4.78 is 2.32. The monoisotopic (exact) mass is 429 g/mol. The Hall–Kier alpha value is -2.45. The average Bonchev–Trinajstić information content (AvgIpc) is 3.14. The van der Waals surface area contributed by atoms with E-state index in [2.05, 4.69) is 24.1 Å². The van der Waals surface area contributed by atoms with Crippen molar-refractivity contribution in [1.29, 1.82) is 0 Å². The van der Waals surface area contributed by atoms with Gasteiger partial charge in [-0.1, -0.05) is 37.7 Å². The molecular formula is C21H23N3O3S2. The van der Waals surface area contributed by atoms with Crippen LogP contribution in [0, 0.1) is 5.92 Å². The smallest absolute Gasteiger partial charge is 0.272 e. The molecule has 0 fully saturated rings. The molecule has 152 valence electrons. The molecule has 2 heterocycles. The summed E-state index contributed by atoms with van der Waals surface area (Å²) in [6.07, 6.45) is 0.857. The molecular weight excluding hydrogens is 406 g/mol. The van der Waals surface area contributed by atoms with E-state index in [0.29, 0.717) is 39.1 Å². The highest BCUT2D eigenvalue weighted by molar-refractivity contribution is 7.99. The van der Waals surface area contributed by atoms with Crippen molar-refractivity contribution >= 4 is 50.7 Å². The van der Waals surface area contributed by atoms with Gasteiger partial charge in [0.05, 0.1) is 11.3 Å². The number of hydrogen-bond acceptors (Lipinski definition) is 6. The lowest BCUT2D eigenvalue weighted by Crippen LogP contribution is -2.24. The van der Waals surface area contributed by atoms with Crippen LogP contribution in [0.2, 0.25) is 0 Å². The van der Waals surface area contributed by atoms with E-state index in [1.807, 2.05) is 11.4 Å². The number of hydrogen-bond donors (Lipinski definition) is 1. The van der Waals surface area contributed by atoms with Crippen molar-refractivity contribution < 1.29 is 9.59 Å². The van der Waals surface area contributed by atoms with Crippen LogP contribution in [0.3, 0.4) is 0 Å². The molecule has 0 unspecified atom stereocenters. The molecule has 0 saturated heterocycles. The van der Waals surface area contributed by atoms with Gasteiger partial charge in [-0.15, -0.1) is 11.3 Å². The largest absolute Gasteiger partial charge is 0.325 e. The number of carbonyl (C=O) groups excluding carboxylic acids is 2. The van der Waals surface area contributed by atoms with Crippen LogP contribution in [0.5, 0.6) is 0 Å². The number of carbonyl (C=O) groups is 2. The van der Waals surface area contributed by atoms with E-state index in [1.165, 1.54) is 30.0 Å². The molecule has 8 heteroatoms. The molecule has 1 N–H and O–H groups in total. The zero-order valence-corrected chi connectivity index (χ0v) is 18.2. The number of Topliss-reactive ketones (excluding diaryl/α,β-unsaturated/α-hetero) is 1. The topological polar surface area (TPSA) is 81.1 Å². The molecule has 0 aliphatic heterocycles. The molecule has 0 atom stereocenters. The number of rotatable bonds is 8. The number of anilines is 1. The number of amides is 1. The zero-order chi connectivity index (χ0) is 21.0. The van der Waals surface area contributed by atoms with Crippen molar-refractivity contribution in [2.24, 2.45) is 5.92 Å². The van der Waals surface area contributed by atoms with Gasteiger partial charge >= 0.3 is 0 Å². The summed E-state index contributed by atoms with van der Waals surface area (Å²) in [7, 11) is 0. The minimum absolute atomic E-state index is 0.0530. The Bertz CT molecular complexity index is 1100. The van der Waals surface area contributed by atoms with Crippen molar-refractivity contribution in [2.75, 3.05) is 11.1 Å². The van der Waals surface area contributed by atoms with Crippen molar-refractivity contribution in [3.05, 3.63) is 51.6 Å². The van der Waals surface area contributed by atoms with Crippen molar-refractivity contribution in [3.63, 3.8) is 0 Å². The van der Waals surface area contributed by atoms with Gasteiger partial charge in [0.2, 0.25) is 5.91 Å².